The average molecular weight is 416 g/mol. The molecule has 3 aromatic rings. The summed E-state index contributed by atoms with van der Waals surface area (Å²) in [5.41, 5.74) is 2.03. The summed E-state index contributed by atoms with van der Waals surface area (Å²) in [6.45, 7) is -0.566. The molecule has 0 saturated carbocycles. The summed E-state index contributed by atoms with van der Waals surface area (Å²) >= 11 is 0. The molecule has 1 heterocycles. The number of hydrogen-bond donors (Lipinski definition) is 2. The lowest BCUT2D eigenvalue weighted by atomic mass is 9.98. The van der Waals surface area contributed by atoms with Gasteiger partial charge in [0.05, 0.1) is 30.4 Å². The molecule has 3 rings (SSSR count). The van der Waals surface area contributed by atoms with E-state index in [0.29, 0.717) is 28.1 Å². The quantitative estimate of drug-likeness (QED) is 0.632. The summed E-state index contributed by atoms with van der Waals surface area (Å²) in [6.07, 6.45) is 0. The zero-order valence-corrected chi connectivity index (χ0v) is 16.1. The lowest BCUT2D eigenvalue weighted by Crippen LogP contribution is -2.11. The molecule has 0 amide bonds. The Kier molecular flexibility index (Phi) is 5.65. The molecule has 2 aromatic carbocycles. The van der Waals surface area contributed by atoms with E-state index in [-0.39, 0.29) is 17.2 Å². The van der Waals surface area contributed by atoms with Gasteiger partial charge in [-0.25, -0.2) is 17.9 Å². The molecule has 150 valence electrons. The predicted molar refractivity (Wildman–Crippen MR) is 103 cm³/mol. The Hall–Kier alpha value is -3.26. The fraction of sp³-hybridized carbons (Fsp3) is 0.158. The lowest BCUT2D eigenvalue weighted by molar-refractivity contribution is 0.270. The third kappa shape index (κ3) is 3.97. The smallest absolute Gasteiger partial charge is 0.238 e. The van der Waals surface area contributed by atoms with Crippen molar-refractivity contribution in [2.45, 2.75) is 18.0 Å². The highest BCUT2D eigenvalue weighted by molar-refractivity contribution is 7.89. The summed E-state index contributed by atoms with van der Waals surface area (Å²) in [6, 6.07) is 11.9. The van der Waals surface area contributed by atoms with Gasteiger partial charge in [-0.05, 0) is 29.8 Å². The van der Waals surface area contributed by atoms with E-state index in [1.165, 1.54) is 48.2 Å². The van der Waals surface area contributed by atoms with Gasteiger partial charge in [0.2, 0.25) is 10.0 Å². The summed E-state index contributed by atoms with van der Waals surface area (Å²) in [5.74, 6) is -0.541. The number of halogens is 1. The zero-order valence-electron chi connectivity index (χ0n) is 15.3. The molecule has 0 saturated heterocycles. The van der Waals surface area contributed by atoms with Crippen molar-refractivity contribution in [3.05, 3.63) is 54.0 Å². The maximum Gasteiger partial charge on any atom is 0.238 e. The number of aliphatic hydroxyl groups excluding tert-OH is 1. The first-order chi connectivity index (χ1) is 13.8. The molecule has 10 heteroatoms. The Labute approximate surface area is 166 Å². The number of methoxy groups -OCH3 is 1. The van der Waals surface area contributed by atoms with Gasteiger partial charge in [0.15, 0.2) is 11.6 Å². The second kappa shape index (κ2) is 8.00. The van der Waals surface area contributed by atoms with Crippen molar-refractivity contribution in [1.82, 2.24) is 9.78 Å². The Morgan fingerprint density at radius 3 is 2.41 bits per heavy atom. The van der Waals surface area contributed by atoms with Gasteiger partial charge in [0.25, 0.3) is 0 Å². The van der Waals surface area contributed by atoms with Crippen molar-refractivity contribution in [3.8, 4) is 34.2 Å². The number of hydrogen-bond acceptors (Lipinski definition) is 6. The number of aromatic nitrogens is 2. The van der Waals surface area contributed by atoms with Crippen LogP contribution in [-0.4, -0.2) is 30.4 Å². The molecule has 3 N–H and O–H groups in total. The summed E-state index contributed by atoms with van der Waals surface area (Å²) in [7, 11) is -2.52. The van der Waals surface area contributed by atoms with Crippen LogP contribution in [0.15, 0.2) is 47.4 Å². The average Bonchev–Trinajstić information content (AvgIpc) is 3.06. The number of benzene rings is 2. The number of nitrogens with zero attached hydrogens (tertiary/aromatic N) is 3. The molecule has 0 aliphatic carbocycles. The molecule has 0 bridgehead atoms. The van der Waals surface area contributed by atoms with Crippen LogP contribution in [0.2, 0.25) is 0 Å². The highest BCUT2D eigenvalue weighted by Gasteiger charge is 2.22. The van der Waals surface area contributed by atoms with Crippen molar-refractivity contribution < 1.29 is 22.7 Å². The SMILES string of the molecule is COc1ccc(-c2c(-c3ccc(S(N)(=O)=O)cc3)nn(CC#N)c2CO)cc1F. The highest BCUT2D eigenvalue weighted by Crippen LogP contribution is 2.36. The molecular formula is C19H17FN4O4S. The Morgan fingerprint density at radius 2 is 1.90 bits per heavy atom. The van der Waals surface area contributed by atoms with Crippen LogP contribution in [-0.2, 0) is 23.2 Å². The first-order valence-electron chi connectivity index (χ1n) is 8.34. The maximum atomic E-state index is 14.3. The van der Waals surface area contributed by atoms with Crippen LogP contribution in [0.1, 0.15) is 5.69 Å². The Morgan fingerprint density at radius 1 is 1.24 bits per heavy atom. The zero-order chi connectivity index (χ0) is 21.2. The minimum Gasteiger partial charge on any atom is -0.494 e. The molecule has 1 aromatic heterocycles. The van der Waals surface area contributed by atoms with E-state index in [1.807, 2.05) is 6.07 Å². The summed E-state index contributed by atoms with van der Waals surface area (Å²) < 4.78 is 43.5. The van der Waals surface area contributed by atoms with Crippen molar-refractivity contribution >= 4 is 10.0 Å². The lowest BCUT2D eigenvalue weighted by Gasteiger charge is -2.09. The van der Waals surface area contributed by atoms with Gasteiger partial charge in [0, 0.05) is 11.1 Å². The van der Waals surface area contributed by atoms with Crippen LogP contribution >= 0.6 is 0 Å². The molecule has 0 fully saturated rings. The summed E-state index contributed by atoms with van der Waals surface area (Å²) in [5, 5.41) is 28.5. The standard InChI is InChI=1S/C19H17FN4O4S/c1-28-17-7-4-13(10-15(17)20)18-16(11-25)24(9-8-21)23-19(18)12-2-5-14(6-3-12)29(22,26)27/h2-7,10,25H,9,11H2,1H3,(H2,22,26,27). The van der Waals surface area contributed by atoms with Crippen molar-refractivity contribution in [3.63, 3.8) is 0 Å². The van der Waals surface area contributed by atoms with Gasteiger partial charge < -0.3 is 9.84 Å². The number of ether oxygens (including phenoxy) is 1. The van der Waals surface area contributed by atoms with Gasteiger partial charge in [-0.3, -0.25) is 4.68 Å². The van der Waals surface area contributed by atoms with Crippen LogP contribution in [0.4, 0.5) is 4.39 Å². The second-order valence-electron chi connectivity index (χ2n) is 6.06. The van der Waals surface area contributed by atoms with E-state index in [9.17, 15) is 17.9 Å². The molecule has 0 aliphatic heterocycles. The topological polar surface area (TPSA) is 131 Å². The van der Waals surface area contributed by atoms with Gasteiger partial charge in [-0.15, -0.1) is 0 Å². The normalized spacial score (nSPS) is 11.3. The summed E-state index contributed by atoms with van der Waals surface area (Å²) in [4.78, 5) is -0.0721. The monoisotopic (exact) mass is 416 g/mol. The van der Waals surface area contributed by atoms with Crippen molar-refractivity contribution in [2.75, 3.05) is 7.11 Å². The molecule has 29 heavy (non-hydrogen) atoms. The van der Waals surface area contributed by atoms with Gasteiger partial charge in [0.1, 0.15) is 12.2 Å². The van der Waals surface area contributed by atoms with E-state index in [1.54, 1.807) is 6.07 Å². The minimum atomic E-state index is -3.87. The largest absolute Gasteiger partial charge is 0.494 e. The van der Waals surface area contributed by atoms with Gasteiger partial charge >= 0.3 is 0 Å². The van der Waals surface area contributed by atoms with E-state index in [0.717, 1.165) is 0 Å². The molecule has 0 radical (unpaired) electrons. The predicted octanol–water partition coefficient (Wildman–Crippen LogP) is 2.03. The van der Waals surface area contributed by atoms with E-state index in [4.69, 9.17) is 15.1 Å². The number of primary sulfonamides is 1. The van der Waals surface area contributed by atoms with Crippen molar-refractivity contribution in [1.29, 1.82) is 5.26 Å². The number of nitrogens with two attached hydrogens (primary N) is 1. The number of aliphatic hydroxyl groups is 1. The van der Waals surface area contributed by atoms with Crippen LogP contribution in [0.3, 0.4) is 0 Å². The molecule has 0 spiro atoms. The minimum absolute atomic E-state index is 0.0581. The Bertz CT molecular complexity index is 1200. The first kappa shape index (κ1) is 20.5. The third-order valence-electron chi connectivity index (χ3n) is 4.32. The van der Waals surface area contributed by atoms with Crippen molar-refractivity contribution in [2.24, 2.45) is 5.14 Å². The highest BCUT2D eigenvalue weighted by atomic mass is 32.2. The van der Waals surface area contributed by atoms with E-state index >= 15 is 0 Å². The first-order valence-corrected chi connectivity index (χ1v) is 9.89. The van der Waals surface area contributed by atoms with Crippen LogP contribution < -0.4 is 9.88 Å². The number of sulfonamides is 1. The molecule has 0 aliphatic rings. The van der Waals surface area contributed by atoms with Gasteiger partial charge in [-0.2, -0.15) is 10.4 Å². The molecule has 8 nitrogen and oxygen atoms in total. The van der Waals surface area contributed by atoms with Crippen LogP contribution in [0.5, 0.6) is 5.75 Å². The molecule has 0 atom stereocenters. The fourth-order valence-electron chi connectivity index (χ4n) is 2.99. The van der Waals surface area contributed by atoms with E-state index in [2.05, 4.69) is 5.10 Å². The number of rotatable bonds is 6. The molecular weight excluding hydrogens is 399 g/mol. The third-order valence-corrected chi connectivity index (χ3v) is 5.25. The van der Waals surface area contributed by atoms with Gasteiger partial charge in [-0.1, -0.05) is 18.2 Å². The van der Waals surface area contributed by atoms with E-state index < -0.39 is 22.4 Å². The fourth-order valence-corrected chi connectivity index (χ4v) is 3.50. The molecule has 0 unspecified atom stereocenters. The maximum absolute atomic E-state index is 14.3. The van der Waals surface area contributed by atoms with Crippen LogP contribution in [0, 0.1) is 17.1 Å². The number of nitriles is 1. The second-order valence-corrected chi connectivity index (χ2v) is 7.62. The van der Waals surface area contributed by atoms with Crippen LogP contribution in [0.25, 0.3) is 22.4 Å². The Balaban J connectivity index is 2.24.